The Morgan fingerprint density at radius 1 is 0.321 bits per heavy atom. The molecular weight excluding hydrogens is 703 g/mol. The van der Waals surface area contributed by atoms with Gasteiger partial charge in [-0.05, 0) is 76.3 Å². The molecule has 0 aliphatic rings. The molecule has 0 N–H and O–H groups in total. The highest BCUT2D eigenvalue weighted by Crippen LogP contribution is 2.44. The van der Waals surface area contributed by atoms with Gasteiger partial charge in [0.05, 0.1) is 0 Å². The van der Waals surface area contributed by atoms with Crippen LogP contribution in [-0.2, 0) is 0 Å². The molecule has 0 saturated heterocycles. The number of aromatic nitrogens is 3. The molecule has 0 saturated carbocycles. The Morgan fingerprint density at radius 3 is 1.62 bits per heavy atom. The summed E-state index contributed by atoms with van der Waals surface area (Å²) in [6.07, 6.45) is 0. The molecule has 0 fully saturated rings. The zero-order chi connectivity index (χ0) is 37.0. The Labute approximate surface area is 327 Å². The first-order chi connectivity index (χ1) is 27.7. The van der Waals surface area contributed by atoms with Crippen molar-refractivity contribution in [2.75, 3.05) is 0 Å². The SMILES string of the molecule is c1ccc(-c2cccc(-c3cc(-c4ccc5oc6cc(-c7nc(-c8ccccc8)nc(-c8ccccc8)n7)ccc6c5c4)cc4c3sc3ccccc34)c2)cc1. The van der Waals surface area contributed by atoms with Crippen LogP contribution in [0.15, 0.2) is 192 Å². The van der Waals surface area contributed by atoms with Gasteiger partial charge < -0.3 is 4.42 Å². The second kappa shape index (κ2) is 13.3. The molecule has 262 valence electrons. The minimum atomic E-state index is 0.598. The van der Waals surface area contributed by atoms with E-state index in [1.165, 1.54) is 48.0 Å². The van der Waals surface area contributed by atoms with Crippen molar-refractivity contribution in [1.82, 2.24) is 15.0 Å². The Bertz CT molecular complexity index is 3180. The molecule has 0 bridgehead atoms. The third-order valence-corrected chi connectivity index (χ3v) is 11.7. The first-order valence-corrected chi connectivity index (χ1v) is 19.5. The molecule has 0 unspecified atom stereocenters. The summed E-state index contributed by atoms with van der Waals surface area (Å²) in [7, 11) is 0. The van der Waals surface area contributed by atoms with E-state index in [0.29, 0.717) is 17.5 Å². The van der Waals surface area contributed by atoms with Gasteiger partial charge in [0, 0.05) is 53.2 Å². The molecule has 56 heavy (non-hydrogen) atoms. The summed E-state index contributed by atoms with van der Waals surface area (Å²) in [4.78, 5) is 14.8. The molecule has 0 aliphatic carbocycles. The Hall–Kier alpha value is -7.21. The van der Waals surface area contributed by atoms with Crippen molar-refractivity contribution in [1.29, 1.82) is 0 Å². The lowest BCUT2D eigenvalue weighted by Crippen LogP contribution is -2.00. The van der Waals surface area contributed by atoms with Crippen molar-refractivity contribution in [3.63, 3.8) is 0 Å². The highest BCUT2D eigenvalue weighted by molar-refractivity contribution is 7.26. The number of benzene rings is 8. The van der Waals surface area contributed by atoms with E-state index in [1.807, 2.05) is 72.0 Å². The molecule has 8 aromatic carbocycles. The van der Waals surface area contributed by atoms with E-state index in [1.54, 1.807) is 0 Å². The molecule has 3 heterocycles. The zero-order valence-electron chi connectivity index (χ0n) is 30.1. The third kappa shape index (κ3) is 5.65. The third-order valence-electron chi connectivity index (χ3n) is 10.5. The van der Waals surface area contributed by atoms with E-state index < -0.39 is 0 Å². The monoisotopic (exact) mass is 733 g/mol. The minimum Gasteiger partial charge on any atom is -0.456 e. The molecular formula is C51H31N3OS. The lowest BCUT2D eigenvalue weighted by atomic mass is 9.93. The van der Waals surface area contributed by atoms with Crippen LogP contribution >= 0.6 is 11.3 Å². The number of fused-ring (bicyclic) bond motifs is 6. The van der Waals surface area contributed by atoms with Crippen molar-refractivity contribution in [3.8, 4) is 67.5 Å². The summed E-state index contributed by atoms with van der Waals surface area (Å²) in [5.41, 5.74) is 11.5. The Morgan fingerprint density at radius 2 is 0.893 bits per heavy atom. The molecule has 0 aliphatic heterocycles. The van der Waals surface area contributed by atoms with Crippen LogP contribution in [0.4, 0.5) is 0 Å². The maximum atomic E-state index is 6.53. The first-order valence-electron chi connectivity index (χ1n) is 18.7. The van der Waals surface area contributed by atoms with Gasteiger partial charge in [0.2, 0.25) is 0 Å². The quantitative estimate of drug-likeness (QED) is 0.171. The first kappa shape index (κ1) is 32.2. The molecule has 0 amide bonds. The van der Waals surface area contributed by atoms with Crippen LogP contribution in [0.25, 0.3) is 110 Å². The van der Waals surface area contributed by atoms with Crippen LogP contribution in [0.1, 0.15) is 0 Å². The van der Waals surface area contributed by atoms with Crippen molar-refractivity contribution < 1.29 is 4.42 Å². The fraction of sp³-hybridized carbons (Fsp3) is 0. The summed E-state index contributed by atoms with van der Waals surface area (Å²) in [6.45, 7) is 0. The van der Waals surface area contributed by atoms with Crippen LogP contribution in [0.5, 0.6) is 0 Å². The standard InChI is InChI=1S/C51H31N3OS/c1-4-13-32(14-5-1)35-19-12-20-37(27-35)42-29-39(30-44-41-21-10-11-22-47(41)56-48(42)44)36-24-26-45-43(28-36)40-25-23-38(31-46(40)55-45)51-53-49(33-15-6-2-7-16-33)52-50(54-51)34-17-8-3-9-18-34/h1-31H. The van der Waals surface area contributed by atoms with Gasteiger partial charge in [0.15, 0.2) is 17.5 Å². The molecule has 0 spiro atoms. The van der Waals surface area contributed by atoms with Gasteiger partial charge in [-0.2, -0.15) is 0 Å². The summed E-state index contributed by atoms with van der Waals surface area (Å²) in [5.74, 6) is 1.86. The Balaban J connectivity index is 1.04. The smallest absolute Gasteiger partial charge is 0.164 e. The van der Waals surface area contributed by atoms with Crippen LogP contribution in [0.2, 0.25) is 0 Å². The van der Waals surface area contributed by atoms with Crippen LogP contribution in [-0.4, -0.2) is 15.0 Å². The van der Waals surface area contributed by atoms with Gasteiger partial charge in [-0.25, -0.2) is 15.0 Å². The number of hydrogen-bond acceptors (Lipinski definition) is 5. The lowest BCUT2D eigenvalue weighted by Gasteiger charge is -2.11. The molecule has 11 rings (SSSR count). The second-order valence-electron chi connectivity index (χ2n) is 14.0. The molecule has 11 aromatic rings. The van der Waals surface area contributed by atoms with E-state index in [0.717, 1.165) is 44.2 Å². The topological polar surface area (TPSA) is 51.8 Å². The second-order valence-corrected chi connectivity index (χ2v) is 15.1. The summed E-state index contributed by atoms with van der Waals surface area (Å²) < 4.78 is 9.12. The molecule has 4 nitrogen and oxygen atoms in total. The number of hydrogen-bond donors (Lipinski definition) is 0. The molecule has 5 heteroatoms. The average Bonchev–Trinajstić information content (AvgIpc) is 3.84. The van der Waals surface area contributed by atoms with E-state index in [4.69, 9.17) is 19.4 Å². The highest BCUT2D eigenvalue weighted by atomic mass is 32.1. The number of rotatable bonds is 6. The fourth-order valence-corrected chi connectivity index (χ4v) is 8.96. The largest absolute Gasteiger partial charge is 0.456 e. The van der Waals surface area contributed by atoms with Crippen LogP contribution < -0.4 is 0 Å². The van der Waals surface area contributed by atoms with Crippen molar-refractivity contribution >= 4 is 53.4 Å². The van der Waals surface area contributed by atoms with Crippen LogP contribution in [0.3, 0.4) is 0 Å². The fourth-order valence-electron chi connectivity index (χ4n) is 7.74. The van der Waals surface area contributed by atoms with Gasteiger partial charge in [-0.15, -0.1) is 11.3 Å². The summed E-state index contributed by atoms with van der Waals surface area (Å²) in [5, 5.41) is 4.66. The lowest BCUT2D eigenvalue weighted by molar-refractivity contribution is 0.669. The van der Waals surface area contributed by atoms with Crippen molar-refractivity contribution in [3.05, 3.63) is 188 Å². The molecule has 0 atom stereocenters. The maximum absolute atomic E-state index is 6.53. The van der Waals surface area contributed by atoms with Crippen molar-refractivity contribution in [2.24, 2.45) is 0 Å². The number of nitrogens with zero attached hydrogens (tertiary/aromatic N) is 3. The van der Waals surface area contributed by atoms with E-state index >= 15 is 0 Å². The van der Waals surface area contributed by atoms with Crippen LogP contribution in [0, 0.1) is 0 Å². The number of thiophene rings is 1. The van der Waals surface area contributed by atoms with Gasteiger partial charge in [-0.1, -0.05) is 140 Å². The summed E-state index contributed by atoms with van der Waals surface area (Å²) in [6, 6.07) is 65.9. The van der Waals surface area contributed by atoms with E-state index in [9.17, 15) is 0 Å². The predicted octanol–water partition coefficient (Wildman–Crippen LogP) is 14.1. The van der Waals surface area contributed by atoms with Gasteiger partial charge >= 0.3 is 0 Å². The Kier molecular flexibility index (Phi) is 7.64. The van der Waals surface area contributed by atoms with E-state index in [-0.39, 0.29) is 0 Å². The zero-order valence-corrected chi connectivity index (χ0v) is 30.9. The van der Waals surface area contributed by atoms with Gasteiger partial charge in [0.1, 0.15) is 11.2 Å². The average molecular weight is 734 g/mol. The molecule has 3 aromatic heterocycles. The van der Waals surface area contributed by atoms with E-state index in [2.05, 4.69) is 127 Å². The van der Waals surface area contributed by atoms with Crippen molar-refractivity contribution in [2.45, 2.75) is 0 Å². The maximum Gasteiger partial charge on any atom is 0.164 e. The van der Waals surface area contributed by atoms with Gasteiger partial charge in [-0.3, -0.25) is 0 Å². The number of furan rings is 1. The minimum absolute atomic E-state index is 0.598. The van der Waals surface area contributed by atoms with Gasteiger partial charge in [0.25, 0.3) is 0 Å². The summed E-state index contributed by atoms with van der Waals surface area (Å²) >= 11 is 1.86. The molecule has 0 radical (unpaired) electrons. The highest BCUT2D eigenvalue weighted by Gasteiger charge is 2.17. The normalized spacial score (nSPS) is 11.6. The predicted molar refractivity (Wildman–Crippen MR) is 233 cm³/mol.